The number of amides is 1. The quantitative estimate of drug-likeness (QED) is 0.898. The molecule has 2 aliphatic rings. The molecule has 1 N–H and O–H groups in total. The van der Waals surface area contributed by atoms with Crippen LogP contribution in [0.2, 0.25) is 0 Å². The summed E-state index contributed by atoms with van der Waals surface area (Å²) in [5.41, 5.74) is 0.584. The van der Waals surface area contributed by atoms with Crippen LogP contribution in [-0.4, -0.2) is 42.6 Å². The summed E-state index contributed by atoms with van der Waals surface area (Å²) in [6.45, 7) is 2.56. The fraction of sp³-hybridized carbons (Fsp3) is 0.562. The third-order valence-corrected chi connectivity index (χ3v) is 4.01. The molecular weight excluding hydrogens is 271 g/mol. The van der Waals surface area contributed by atoms with Crippen LogP contribution >= 0.6 is 0 Å². The van der Waals surface area contributed by atoms with E-state index in [1.807, 2.05) is 11.0 Å². The molecule has 1 atom stereocenters. The summed E-state index contributed by atoms with van der Waals surface area (Å²) in [6.07, 6.45) is 2.35. The summed E-state index contributed by atoms with van der Waals surface area (Å²) in [5.74, 6) is -0.180. The van der Waals surface area contributed by atoms with Gasteiger partial charge in [-0.1, -0.05) is 18.2 Å². The Bertz CT molecular complexity index is 499. The maximum absolute atomic E-state index is 13.8. The van der Waals surface area contributed by atoms with Crippen molar-refractivity contribution in [3.63, 3.8) is 0 Å². The van der Waals surface area contributed by atoms with Gasteiger partial charge in [-0.25, -0.2) is 4.39 Å². The van der Waals surface area contributed by atoms with Crippen LogP contribution in [0.15, 0.2) is 24.3 Å². The van der Waals surface area contributed by atoms with Crippen molar-refractivity contribution in [2.45, 2.75) is 38.0 Å². The van der Waals surface area contributed by atoms with E-state index in [4.69, 9.17) is 4.74 Å². The lowest BCUT2D eigenvalue weighted by Gasteiger charge is -2.28. The number of halogens is 1. The molecule has 0 aromatic heterocycles. The molecule has 5 heteroatoms. The fourth-order valence-corrected chi connectivity index (χ4v) is 2.68. The van der Waals surface area contributed by atoms with Crippen LogP contribution in [0.3, 0.4) is 0 Å². The first-order valence-electron chi connectivity index (χ1n) is 7.59. The van der Waals surface area contributed by atoms with E-state index in [-0.39, 0.29) is 23.9 Å². The Kier molecular flexibility index (Phi) is 4.51. The number of hydrogen-bond acceptors (Lipinski definition) is 3. The Morgan fingerprint density at radius 1 is 1.38 bits per heavy atom. The van der Waals surface area contributed by atoms with E-state index in [9.17, 15) is 9.18 Å². The molecule has 1 aromatic carbocycles. The standard InChI is InChI=1S/C16H21FN2O2/c17-15-4-2-1-3-12(15)11-19(13-5-6-13)16(20)9-14-10-18-7-8-21-14/h1-4,13-14,18H,5-11H2. The lowest BCUT2D eigenvalue weighted by Crippen LogP contribution is -2.43. The molecule has 3 rings (SSSR count). The predicted octanol–water partition coefficient (Wildman–Crippen LogP) is 1.70. The van der Waals surface area contributed by atoms with Crippen LogP contribution in [0.4, 0.5) is 4.39 Å². The highest BCUT2D eigenvalue weighted by molar-refractivity contribution is 5.77. The lowest BCUT2D eigenvalue weighted by atomic mass is 10.1. The normalized spacial score (nSPS) is 22.0. The first kappa shape index (κ1) is 14.5. The molecule has 0 spiro atoms. The number of morpholine rings is 1. The SMILES string of the molecule is O=C(CC1CNCCO1)N(Cc1ccccc1F)C1CC1. The zero-order valence-electron chi connectivity index (χ0n) is 12.1. The molecule has 1 aliphatic carbocycles. The highest BCUT2D eigenvalue weighted by Gasteiger charge is 2.34. The van der Waals surface area contributed by atoms with Crippen molar-refractivity contribution in [3.8, 4) is 0 Å². The van der Waals surface area contributed by atoms with Gasteiger partial charge in [0.2, 0.25) is 5.91 Å². The Labute approximate surface area is 124 Å². The molecule has 1 unspecified atom stereocenters. The van der Waals surface area contributed by atoms with Crippen molar-refractivity contribution in [1.82, 2.24) is 10.2 Å². The van der Waals surface area contributed by atoms with Crippen molar-refractivity contribution < 1.29 is 13.9 Å². The zero-order chi connectivity index (χ0) is 14.7. The van der Waals surface area contributed by atoms with Gasteiger partial charge in [0.15, 0.2) is 0 Å². The molecule has 0 bridgehead atoms. The molecule has 4 nitrogen and oxygen atoms in total. The molecule has 21 heavy (non-hydrogen) atoms. The van der Waals surface area contributed by atoms with E-state index in [2.05, 4.69) is 5.32 Å². The maximum atomic E-state index is 13.8. The van der Waals surface area contributed by atoms with Crippen LogP contribution in [-0.2, 0) is 16.1 Å². The largest absolute Gasteiger partial charge is 0.375 e. The van der Waals surface area contributed by atoms with Gasteiger partial charge in [-0.05, 0) is 18.9 Å². The maximum Gasteiger partial charge on any atom is 0.225 e. The van der Waals surface area contributed by atoms with Crippen LogP contribution in [0, 0.1) is 5.82 Å². The molecule has 0 radical (unpaired) electrons. The van der Waals surface area contributed by atoms with Gasteiger partial charge in [0.1, 0.15) is 5.82 Å². The Morgan fingerprint density at radius 2 is 2.19 bits per heavy atom. The van der Waals surface area contributed by atoms with E-state index < -0.39 is 0 Å². The molecule has 1 heterocycles. The summed E-state index contributed by atoms with van der Waals surface area (Å²) in [5, 5.41) is 3.23. The Morgan fingerprint density at radius 3 is 2.86 bits per heavy atom. The van der Waals surface area contributed by atoms with Gasteiger partial charge in [0, 0.05) is 31.2 Å². The van der Waals surface area contributed by atoms with E-state index in [1.165, 1.54) is 6.07 Å². The topological polar surface area (TPSA) is 41.6 Å². The van der Waals surface area contributed by atoms with Gasteiger partial charge in [-0.2, -0.15) is 0 Å². The number of nitrogens with zero attached hydrogens (tertiary/aromatic N) is 1. The van der Waals surface area contributed by atoms with Crippen LogP contribution in [0.25, 0.3) is 0 Å². The predicted molar refractivity (Wildman–Crippen MR) is 77.2 cm³/mol. The van der Waals surface area contributed by atoms with Crippen molar-refractivity contribution in [2.24, 2.45) is 0 Å². The minimum Gasteiger partial charge on any atom is -0.375 e. The van der Waals surface area contributed by atoms with Gasteiger partial charge in [-0.15, -0.1) is 0 Å². The number of rotatable bonds is 5. The molecule has 2 fully saturated rings. The van der Waals surface area contributed by atoms with Crippen molar-refractivity contribution in [3.05, 3.63) is 35.6 Å². The van der Waals surface area contributed by atoms with Gasteiger partial charge >= 0.3 is 0 Å². The first-order valence-corrected chi connectivity index (χ1v) is 7.59. The van der Waals surface area contributed by atoms with E-state index in [0.29, 0.717) is 31.7 Å². The summed E-state index contributed by atoms with van der Waals surface area (Å²) in [4.78, 5) is 14.3. The molecule has 1 saturated carbocycles. The van der Waals surface area contributed by atoms with Crippen molar-refractivity contribution in [1.29, 1.82) is 0 Å². The molecule has 1 aromatic rings. The second-order valence-electron chi connectivity index (χ2n) is 5.75. The monoisotopic (exact) mass is 292 g/mol. The second-order valence-corrected chi connectivity index (χ2v) is 5.75. The number of carbonyl (C=O) groups excluding carboxylic acids is 1. The molecule has 114 valence electrons. The van der Waals surface area contributed by atoms with Crippen molar-refractivity contribution in [2.75, 3.05) is 19.7 Å². The van der Waals surface area contributed by atoms with E-state index in [1.54, 1.807) is 12.1 Å². The molecule has 1 saturated heterocycles. The number of carbonyl (C=O) groups is 1. The van der Waals surface area contributed by atoms with Gasteiger partial charge in [-0.3, -0.25) is 4.79 Å². The summed E-state index contributed by atoms with van der Waals surface area (Å²) in [6, 6.07) is 6.94. The third kappa shape index (κ3) is 3.80. The van der Waals surface area contributed by atoms with Gasteiger partial charge in [0.25, 0.3) is 0 Å². The number of benzene rings is 1. The first-order chi connectivity index (χ1) is 10.2. The van der Waals surface area contributed by atoms with Crippen LogP contribution in [0.5, 0.6) is 0 Å². The summed E-state index contributed by atoms with van der Waals surface area (Å²) < 4.78 is 19.4. The summed E-state index contributed by atoms with van der Waals surface area (Å²) >= 11 is 0. The highest BCUT2D eigenvalue weighted by atomic mass is 19.1. The Hall–Kier alpha value is -1.46. The molecule has 1 amide bonds. The average Bonchev–Trinajstić information content (AvgIpc) is 3.32. The third-order valence-electron chi connectivity index (χ3n) is 4.01. The van der Waals surface area contributed by atoms with E-state index in [0.717, 1.165) is 19.4 Å². The smallest absolute Gasteiger partial charge is 0.225 e. The van der Waals surface area contributed by atoms with E-state index >= 15 is 0 Å². The minimum atomic E-state index is -0.244. The average molecular weight is 292 g/mol. The lowest BCUT2D eigenvalue weighted by molar-refractivity contribution is -0.136. The molecule has 1 aliphatic heterocycles. The zero-order valence-corrected chi connectivity index (χ0v) is 12.1. The second kappa shape index (κ2) is 6.54. The fourth-order valence-electron chi connectivity index (χ4n) is 2.68. The van der Waals surface area contributed by atoms with Gasteiger partial charge in [0.05, 0.1) is 19.1 Å². The van der Waals surface area contributed by atoms with Crippen LogP contribution < -0.4 is 5.32 Å². The minimum absolute atomic E-state index is 0.0619. The van der Waals surface area contributed by atoms with Crippen molar-refractivity contribution >= 4 is 5.91 Å². The highest BCUT2D eigenvalue weighted by Crippen LogP contribution is 2.29. The number of ether oxygens (including phenoxy) is 1. The molecular formula is C16H21FN2O2. The summed E-state index contributed by atoms with van der Waals surface area (Å²) in [7, 11) is 0. The Balaban J connectivity index is 1.63. The van der Waals surface area contributed by atoms with Gasteiger partial charge < -0.3 is 15.0 Å². The number of hydrogen-bond donors (Lipinski definition) is 1. The number of nitrogens with one attached hydrogen (secondary N) is 1. The van der Waals surface area contributed by atoms with Crippen LogP contribution in [0.1, 0.15) is 24.8 Å².